The highest BCUT2D eigenvalue weighted by Crippen LogP contribution is 2.27. The lowest BCUT2D eigenvalue weighted by Gasteiger charge is -2.23. The minimum Gasteiger partial charge on any atom is -0.479 e. The Morgan fingerprint density at radius 3 is 2.28 bits per heavy atom. The van der Waals surface area contributed by atoms with Gasteiger partial charge in [-0.1, -0.05) is 56.5 Å². The van der Waals surface area contributed by atoms with Crippen LogP contribution in [0.25, 0.3) is 0 Å². The van der Waals surface area contributed by atoms with Crippen LogP contribution < -0.4 is 0 Å². The largest absolute Gasteiger partial charge is 0.479 e. The van der Waals surface area contributed by atoms with E-state index in [0.29, 0.717) is 5.56 Å². The Bertz CT molecular complexity index is 353. The van der Waals surface area contributed by atoms with Gasteiger partial charge < -0.3 is 10.2 Å². The van der Waals surface area contributed by atoms with Gasteiger partial charge in [0.1, 0.15) is 0 Å². The lowest BCUT2D eigenvalue weighted by atomic mass is 9.88. The number of benzene rings is 1. The van der Waals surface area contributed by atoms with Crippen molar-refractivity contribution in [3.63, 3.8) is 0 Å². The monoisotopic (exact) mass is 272 g/mol. The van der Waals surface area contributed by atoms with Crippen molar-refractivity contribution in [3.05, 3.63) is 35.9 Å². The van der Waals surface area contributed by atoms with E-state index in [4.69, 9.17) is 0 Å². The molecule has 1 unspecified atom stereocenters. The highest BCUT2D eigenvalue weighted by molar-refractivity contribution is 5.85. The minimum absolute atomic E-state index is 0. The van der Waals surface area contributed by atoms with Gasteiger partial charge in [0.15, 0.2) is 5.60 Å². The molecular formula is C14H21ClO3. The highest BCUT2D eigenvalue weighted by Gasteiger charge is 2.36. The molecule has 1 rings (SSSR count). The first kappa shape index (κ1) is 16.9. The number of aliphatic hydroxyl groups is 1. The van der Waals surface area contributed by atoms with E-state index in [0.717, 1.165) is 25.7 Å². The molecule has 0 amide bonds. The van der Waals surface area contributed by atoms with Crippen LogP contribution in [-0.4, -0.2) is 16.2 Å². The van der Waals surface area contributed by atoms with Crippen molar-refractivity contribution < 1.29 is 15.0 Å². The number of carbonyl (C=O) groups is 1. The summed E-state index contributed by atoms with van der Waals surface area (Å²) in [6, 6.07) is 8.62. The van der Waals surface area contributed by atoms with E-state index in [1.807, 2.05) is 6.07 Å². The van der Waals surface area contributed by atoms with Gasteiger partial charge in [-0.2, -0.15) is 0 Å². The summed E-state index contributed by atoms with van der Waals surface area (Å²) in [6.45, 7) is 2.10. The van der Waals surface area contributed by atoms with Gasteiger partial charge in [-0.3, -0.25) is 0 Å². The predicted octanol–water partition coefficient (Wildman–Crippen LogP) is 3.35. The van der Waals surface area contributed by atoms with Gasteiger partial charge >= 0.3 is 5.97 Å². The van der Waals surface area contributed by atoms with Crippen LogP contribution in [0, 0.1) is 0 Å². The lowest BCUT2D eigenvalue weighted by Crippen LogP contribution is -2.35. The molecule has 0 aliphatic carbocycles. The van der Waals surface area contributed by atoms with Crippen LogP contribution in [0.2, 0.25) is 0 Å². The van der Waals surface area contributed by atoms with Crippen molar-refractivity contribution in [2.45, 2.75) is 44.6 Å². The Balaban J connectivity index is 0.00000289. The minimum atomic E-state index is -1.74. The molecule has 0 saturated heterocycles. The zero-order valence-corrected chi connectivity index (χ0v) is 11.4. The van der Waals surface area contributed by atoms with E-state index < -0.39 is 11.6 Å². The average molecular weight is 273 g/mol. The molecule has 0 radical (unpaired) electrons. The Kier molecular flexibility index (Phi) is 7.64. The maximum absolute atomic E-state index is 11.2. The number of aliphatic carboxylic acids is 1. The van der Waals surface area contributed by atoms with Gasteiger partial charge in [0.2, 0.25) is 0 Å². The van der Waals surface area contributed by atoms with E-state index in [1.165, 1.54) is 0 Å². The van der Waals surface area contributed by atoms with Gasteiger partial charge in [0.05, 0.1) is 0 Å². The fraction of sp³-hybridized carbons (Fsp3) is 0.500. The molecule has 0 saturated carbocycles. The number of halogens is 1. The third kappa shape index (κ3) is 4.31. The first-order valence-electron chi connectivity index (χ1n) is 6.12. The molecule has 2 N–H and O–H groups in total. The molecule has 102 valence electrons. The van der Waals surface area contributed by atoms with Crippen LogP contribution >= 0.6 is 12.4 Å². The zero-order valence-electron chi connectivity index (χ0n) is 10.6. The zero-order chi connectivity index (χ0) is 12.7. The second-order valence-corrected chi connectivity index (χ2v) is 4.34. The number of unbranched alkanes of at least 4 members (excludes halogenated alkanes) is 3. The smallest absolute Gasteiger partial charge is 0.340 e. The van der Waals surface area contributed by atoms with Crippen molar-refractivity contribution in [2.75, 3.05) is 0 Å². The Labute approximate surface area is 114 Å². The Morgan fingerprint density at radius 2 is 1.78 bits per heavy atom. The van der Waals surface area contributed by atoms with Gasteiger partial charge in [-0.15, -0.1) is 12.4 Å². The fourth-order valence-electron chi connectivity index (χ4n) is 1.90. The highest BCUT2D eigenvalue weighted by atomic mass is 35.5. The molecule has 1 aromatic carbocycles. The van der Waals surface area contributed by atoms with Gasteiger partial charge in [0.25, 0.3) is 0 Å². The van der Waals surface area contributed by atoms with Gasteiger partial charge in [0, 0.05) is 0 Å². The van der Waals surface area contributed by atoms with Crippen LogP contribution in [0.3, 0.4) is 0 Å². The van der Waals surface area contributed by atoms with Gasteiger partial charge in [-0.05, 0) is 18.4 Å². The van der Waals surface area contributed by atoms with Crippen molar-refractivity contribution in [1.82, 2.24) is 0 Å². The molecule has 4 heteroatoms. The predicted molar refractivity (Wildman–Crippen MR) is 74.0 cm³/mol. The van der Waals surface area contributed by atoms with Crippen LogP contribution in [0.15, 0.2) is 30.3 Å². The summed E-state index contributed by atoms with van der Waals surface area (Å²) >= 11 is 0. The first-order valence-corrected chi connectivity index (χ1v) is 6.12. The second-order valence-electron chi connectivity index (χ2n) is 4.34. The van der Waals surface area contributed by atoms with Crippen molar-refractivity contribution in [1.29, 1.82) is 0 Å². The molecule has 0 aliphatic rings. The SMILES string of the molecule is CCCCCCC(O)(C(=O)O)c1ccccc1.Cl. The molecule has 1 atom stereocenters. The van der Waals surface area contributed by atoms with Crippen molar-refractivity contribution >= 4 is 18.4 Å². The molecular weight excluding hydrogens is 252 g/mol. The molecule has 0 spiro atoms. The molecule has 0 aromatic heterocycles. The molecule has 0 heterocycles. The standard InChI is InChI=1S/C14H20O3.ClH/c1-2-3-4-8-11-14(17,13(15)16)12-9-6-5-7-10-12;/h5-7,9-10,17H,2-4,8,11H2,1H3,(H,15,16);1H. The summed E-state index contributed by atoms with van der Waals surface area (Å²) in [4.78, 5) is 11.2. The summed E-state index contributed by atoms with van der Waals surface area (Å²) in [6.07, 6.45) is 4.12. The summed E-state index contributed by atoms with van der Waals surface area (Å²) in [5.74, 6) is -1.17. The van der Waals surface area contributed by atoms with Crippen LogP contribution in [0.5, 0.6) is 0 Å². The Hall–Kier alpha value is -1.06. The molecule has 0 aliphatic heterocycles. The Morgan fingerprint density at radius 1 is 1.17 bits per heavy atom. The summed E-state index contributed by atoms with van der Waals surface area (Å²) in [5, 5.41) is 19.5. The molecule has 18 heavy (non-hydrogen) atoms. The maximum atomic E-state index is 11.2. The van der Waals surface area contributed by atoms with Crippen molar-refractivity contribution in [2.24, 2.45) is 0 Å². The quantitative estimate of drug-likeness (QED) is 0.749. The first-order chi connectivity index (χ1) is 8.11. The fourth-order valence-corrected chi connectivity index (χ4v) is 1.90. The lowest BCUT2D eigenvalue weighted by molar-refractivity contribution is -0.160. The van der Waals surface area contributed by atoms with Crippen molar-refractivity contribution in [3.8, 4) is 0 Å². The summed E-state index contributed by atoms with van der Waals surface area (Å²) in [5.41, 5.74) is -1.28. The third-order valence-corrected chi connectivity index (χ3v) is 3.00. The number of hydrogen-bond donors (Lipinski definition) is 2. The molecule has 0 fully saturated rings. The third-order valence-electron chi connectivity index (χ3n) is 3.00. The van der Waals surface area contributed by atoms with Crippen LogP contribution in [0.1, 0.15) is 44.6 Å². The molecule has 1 aromatic rings. The van der Waals surface area contributed by atoms with E-state index in [1.54, 1.807) is 24.3 Å². The number of hydrogen-bond acceptors (Lipinski definition) is 2. The van der Waals surface area contributed by atoms with Crippen LogP contribution in [-0.2, 0) is 10.4 Å². The van der Waals surface area contributed by atoms with Gasteiger partial charge in [-0.25, -0.2) is 4.79 Å². The normalized spacial score (nSPS) is 13.4. The van der Waals surface area contributed by atoms with E-state index in [2.05, 4.69) is 6.92 Å². The van der Waals surface area contributed by atoms with E-state index >= 15 is 0 Å². The van der Waals surface area contributed by atoms with E-state index in [-0.39, 0.29) is 18.8 Å². The van der Waals surface area contributed by atoms with Crippen LogP contribution in [0.4, 0.5) is 0 Å². The molecule has 3 nitrogen and oxygen atoms in total. The average Bonchev–Trinajstić information content (AvgIpc) is 2.35. The second kappa shape index (κ2) is 8.11. The van der Waals surface area contributed by atoms with E-state index in [9.17, 15) is 15.0 Å². The summed E-state index contributed by atoms with van der Waals surface area (Å²) < 4.78 is 0. The number of rotatable bonds is 7. The topological polar surface area (TPSA) is 57.5 Å². The number of carboxylic acid groups (broad SMARTS) is 1. The number of carboxylic acids is 1. The maximum Gasteiger partial charge on any atom is 0.340 e. The molecule has 0 bridgehead atoms. The summed E-state index contributed by atoms with van der Waals surface area (Å²) in [7, 11) is 0.